The molecule has 2 heterocycles. The molecule has 2 unspecified atom stereocenters. The summed E-state index contributed by atoms with van der Waals surface area (Å²) >= 11 is 0. The van der Waals surface area contributed by atoms with Crippen LogP contribution < -0.4 is 0 Å². The number of nitriles is 1. The highest BCUT2D eigenvalue weighted by atomic mass is 19.1. The van der Waals surface area contributed by atoms with Gasteiger partial charge in [0.1, 0.15) is 17.7 Å². The molecule has 2 bridgehead atoms. The van der Waals surface area contributed by atoms with Crippen molar-refractivity contribution in [2.75, 3.05) is 0 Å². The minimum atomic E-state index is -0.841. The van der Waals surface area contributed by atoms with Gasteiger partial charge in [0.15, 0.2) is 5.78 Å². The van der Waals surface area contributed by atoms with Gasteiger partial charge in [-0.2, -0.15) is 5.26 Å². The van der Waals surface area contributed by atoms with E-state index in [1.807, 2.05) is 18.2 Å². The number of piperidine rings is 1. The van der Waals surface area contributed by atoms with Crippen molar-refractivity contribution in [3.05, 3.63) is 70.8 Å². The molecule has 2 aromatic rings. The topological polar surface area (TPSA) is 44.1 Å². The first-order valence-electron chi connectivity index (χ1n) is 9.30. The average molecular weight is 366 g/mol. The molecule has 0 aromatic heterocycles. The van der Waals surface area contributed by atoms with Gasteiger partial charge >= 0.3 is 0 Å². The number of benzene rings is 2. The molecule has 138 valence electrons. The minimum absolute atomic E-state index is 0.229. The molecular weight excluding hydrogens is 346 g/mol. The van der Waals surface area contributed by atoms with Gasteiger partial charge in [0.05, 0.1) is 11.1 Å². The van der Waals surface area contributed by atoms with Gasteiger partial charge in [0.2, 0.25) is 0 Å². The molecule has 2 aliphatic rings. The van der Waals surface area contributed by atoms with Gasteiger partial charge in [-0.15, -0.1) is 0 Å². The van der Waals surface area contributed by atoms with Crippen molar-refractivity contribution >= 4 is 5.78 Å². The Morgan fingerprint density at radius 3 is 2.37 bits per heavy atom. The Bertz CT molecular complexity index is 893. The zero-order valence-electron chi connectivity index (χ0n) is 14.9. The molecule has 4 rings (SSSR count). The number of hydrogen-bond acceptors (Lipinski definition) is 3. The Morgan fingerprint density at radius 2 is 1.74 bits per heavy atom. The third-order valence-electron chi connectivity index (χ3n) is 5.91. The van der Waals surface area contributed by atoms with Crippen LogP contribution in [0.3, 0.4) is 0 Å². The zero-order valence-corrected chi connectivity index (χ0v) is 14.9. The van der Waals surface area contributed by atoms with Gasteiger partial charge in [0.25, 0.3) is 0 Å². The van der Waals surface area contributed by atoms with E-state index in [1.165, 1.54) is 5.56 Å². The molecule has 0 saturated carbocycles. The average Bonchev–Trinajstić information content (AvgIpc) is 2.91. The molecule has 3 nitrogen and oxygen atoms in total. The van der Waals surface area contributed by atoms with Crippen LogP contribution in [0.25, 0.3) is 0 Å². The number of carbonyl (C=O) groups is 1. The van der Waals surface area contributed by atoms with Crippen LogP contribution in [0.4, 0.5) is 8.78 Å². The van der Waals surface area contributed by atoms with Crippen LogP contribution in [-0.4, -0.2) is 22.8 Å². The minimum Gasteiger partial charge on any atom is -0.294 e. The van der Waals surface area contributed by atoms with Crippen LogP contribution in [0.2, 0.25) is 0 Å². The lowest BCUT2D eigenvalue weighted by molar-refractivity contribution is 0.0674. The number of fused-ring (bicyclic) bond motifs is 2. The molecule has 0 amide bonds. The van der Waals surface area contributed by atoms with E-state index in [-0.39, 0.29) is 22.8 Å². The van der Waals surface area contributed by atoms with Crippen LogP contribution in [0.5, 0.6) is 0 Å². The van der Waals surface area contributed by atoms with Crippen molar-refractivity contribution in [2.24, 2.45) is 5.92 Å². The maximum Gasteiger partial charge on any atom is 0.169 e. The molecule has 27 heavy (non-hydrogen) atoms. The lowest BCUT2D eigenvalue weighted by Crippen LogP contribution is -2.44. The van der Waals surface area contributed by atoms with Gasteiger partial charge < -0.3 is 0 Å². The Hall–Kier alpha value is -2.58. The largest absolute Gasteiger partial charge is 0.294 e. The number of Topliss-reactive ketones (excluding diaryl/α,β-unsaturated/α-hetero) is 1. The third kappa shape index (κ3) is 3.38. The Morgan fingerprint density at radius 1 is 1.07 bits per heavy atom. The zero-order chi connectivity index (χ0) is 19.0. The first-order chi connectivity index (χ1) is 13.1. The third-order valence-corrected chi connectivity index (χ3v) is 5.91. The summed E-state index contributed by atoms with van der Waals surface area (Å²) in [7, 11) is 0. The van der Waals surface area contributed by atoms with E-state index in [4.69, 9.17) is 5.26 Å². The monoisotopic (exact) mass is 366 g/mol. The van der Waals surface area contributed by atoms with Crippen molar-refractivity contribution in [1.82, 2.24) is 4.90 Å². The number of hydrogen-bond donors (Lipinski definition) is 0. The Labute approximate surface area is 157 Å². The summed E-state index contributed by atoms with van der Waals surface area (Å²) in [4.78, 5) is 15.3. The normalized spacial score (nSPS) is 24.6. The van der Waals surface area contributed by atoms with E-state index in [0.29, 0.717) is 24.9 Å². The molecule has 2 saturated heterocycles. The molecule has 5 heteroatoms. The fraction of sp³-hybridized carbons (Fsp3) is 0.364. The van der Waals surface area contributed by atoms with Crippen molar-refractivity contribution in [3.63, 3.8) is 0 Å². The van der Waals surface area contributed by atoms with E-state index in [1.54, 1.807) is 6.07 Å². The molecule has 2 aromatic carbocycles. The smallest absolute Gasteiger partial charge is 0.169 e. The van der Waals surface area contributed by atoms with Crippen molar-refractivity contribution in [2.45, 2.75) is 44.3 Å². The number of ketones is 1. The first-order valence-corrected chi connectivity index (χ1v) is 9.30. The van der Waals surface area contributed by atoms with Gasteiger partial charge in [-0.3, -0.25) is 9.69 Å². The second kappa shape index (κ2) is 7.21. The van der Waals surface area contributed by atoms with Gasteiger partial charge in [-0.05, 0) is 43.4 Å². The number of rotatable bonds is 4. The van der Waals surface area contributed by atoms with Crippen LogP contribution in [0.15, 0.2) is 42.5 Å². The summed E-state index contributed by atoms with van der Waals surface area (Å²) in [5.74, 6) is -2.28. The van der Waals surface area contributed by atoms with Gasteiger partial charge in [-0.1, -0.05) is 30.3 Å². The molecule has 0 radical (unpaired) electrons. The maximum atomic E-state index is 14.2. The van der Waals surface area contributed by atoms with E-state index in [2.05, 4.69) is 17.0 Å². The predicted molar refractivity (Wildman–Crippen MR) is 96.9 cm³/mol. The highest BCUT2D eigenvalue weighted by molar-refractivity contribution is 5.98. The first kappa shape index (κ1) is 17.8. The molecular formula is C22H20F2N2O. The SMILES string of the molecule is N#Cc1cc(F)c(C(=O)C2CC3CCC(C2)N3Cc2ccccc2)cc1F. The second-order valence-electron chi connectivity index (χ2n) is 7.50. The van der Waals surface area contributed by atoms with Crippen LogP contribution >= 0.6 is 0 Å². The molecule has 2 fully saturated rings. The highest BCUT2D eigenvalue weighted by Gasteiger charge is 2.43. The number of halogens is 2. The molecule has 2 aliphatic heterocycles. The van der Waals surface area contributed by atoms with E-state index >= 15 is 0 Å². The summed E-state index contributed by atoms with van der Waals surface area (Å²) in [5, 5.41) is 8.80. The lowest BCUT2D eigenvalue weighted by atomic mass is 9.84. The fourth-order valence-electron chi connectivity index (χ4n) is 4.58. The van der Waals surface area contributed by atoms with E-state index in [9.17, 15) is 13.6 Å². The summed E-state index contributed by atoms with van der Waals surface area (Å²) in [5.41, 5.74) is 0.647. The number of nitrogens with zero attached hydrogens (tertiary/aromatic N) is 2. The fourth-order valence-corrected chi connectivity index (χ4v) is 4.58. The van der Waals surface area contributed by atoms with Gasteiger partial charge in [0, 0.05) is 24.5 Å². The summed E-state index contributed by atoms with van der Waals surface area (Å²) in [6, 6.07) is 14.1. The molecule has 0 spiro atoms. The van der Waals surface area contributed by atoms with Crippen LogP contribution in [0.1, 0.15) is 47.2 Å². The molecule has 0 aliphatic carbocycles. The van der Waals surface area contributed by atoms with Crippen LogP contribution in [-0.2, 0) is 6.54 Å². The van der Waals surface area contributed by atoms with E-state index in [0.717, 1.165) is 31.5 Å². The molecule has 0 N–H and O–H groups in total. The Kier molecular flexibility index (Phi) is 4.75. The second-order valence-corrected chi connectivity index (χ2v) is 7.50. The summed E-state index contributed by atoms with van der Waals surface area (Å²) in [6.45, 7) is 0.858. The van der Waals surface area contributed by atoms with Crippen LogP contribution in [0, 0.1) is 28.9 Å². The van der Waals surface area contributed by atoms with Crippen molar-refractivity contribution < 1.29 is 13.6 Å². The quantitative estimate of drug-likeness (QED) is 0.751. The molecule has 2 atom stereocenters. The predicted octanol–water partition coefficient (Wildman–Crippen LogP) is 4.46. The van der Waals surface area contributed by atoms with Gasteiger partial charge in [-0.25, -0.2) is 8.78 Å². The van der Waals surface area contributed by atoms with Crippen molar-refractivity contribution in [3.8, 4) is 6.07 Å². The summed E-state index contributed by atoms with van der Waals surface area (Å²) in [6.07, 6.45) is 3.41. The number of carbonyl (C=O) groups excluding carboxylic acids is 1. The van der Waals surface area contributed by atoms with Crippen molar-refractivity contribution in [1.29, 1.82) is 5.26 Å². The standard InChI is InChI=1S/C22H20F2N2O/c23-20-11-19(21(24)10-16(20)12-25)22(27)15-8-17-6-7-18(9-15)26(17)13-14-4-2-1-3-5-14/h1-5,10-11,15,17-18H,6-9,13H2. The van der Waals surface area contributed by atoms with E-state index < -0.39 is 11.6 Å². The Balaban J connectivity index is 1.51. The lowest BCUT2D eigenvalue weighted by Gasteiger charge is -2.38. The maximum absolute atomic E-state index is 14.2. The highest BCUT2D eigenvalue weighted by Crippen LogP contribution is 2.41. The summed E-state index contributed by atoms with van der Waals surface area (Å²) < 4.78 is 28.1.